The average Bonchev–Trinajstić information content (AvgIpc) is 2.60. The quantitative estimate of drug-likeness (QED) is 0.691. The highest BCUT2D eigenvalue weighted by Crippen LogP contribution is 2.23. The molecule has 1 aliphatic heterocycles. The lowest BCUT2D eigenvalue weighted by atomic mass is 10.2. The summed E-state index contributed by atoms with van der Waals surface area (Å²) in [6.45, 7) is 9.33. The van der Waals surface area contributed by atoms with Gasteiger partial charge in [0, 0.05) is 25.7 Å². The minimum atomic E-state index is -3.68. The summed E-state index contributed by atoms with van der Waals surface area (Å²) in [6.07, 6.45) is 0. The maximum atomic E-state index is 12.9. The molecule has 0 amide bonds. The monoisotopic (exact) mass is 404 g/mol. The number of hydrogen-bond acceptors (Lipinski definition) is 5. The summed E-state index contributed by atoms with van der Waals surface area (Å²) in [5.41, 5.74) is 0. The van der Waals surface area contributed by atoms with Crippen LogP contribution in [0.3, 0.4) is 0 Å². The van der Waals surface area contributed by atoms with Crippen LogP contribution >= 0.6 is 0 Å². The fraction of sp³-hybridized carbons (Fsp3) is 0.647. The van der Waals surface area contributed by atoms with Crippen molar-refractivity contribution in [2.45, 2.75) is 43.5 Å². The first-order valence-corrected chi connectivity index (χ1v) is 11.6. The van der Waals surface area contributed by atoms with E-state index in [1.54, 1.807) is 0 Å². The Labute approximate surface area is 157 Å². The van der Waals surface area contributed by atoms with Crippen LogP contribution in [0.2, 0.25) is 0 Å². The lowest BCUT2D eigenvalue weighted by molar-refractivity contribution is 0.0730. The molecule has 1 aromatic carbocycles. The first kappa shape index (κ1) is 21.3. The first-order chi connectivity index (χ1) is 12.1. The Kier molecular flexibility index (Phi) is 6.84. The van der Waals surface area contributed by atoms with E-state index in [4.69, 9.17) is 4.74 Å². The molecule has 0 spiro atoms. The van der Waals surface area contributed by atoms with Crippen LogP contribution in [-0.2, 0) is 24.8 Å². The summed E-state index contributed by atoms with van der Waals surface area (Å²) in [7, 11) is -7.31. The zero-order chi connectivity index (χ0) is 19.5. The van der Waals surface area contributed by atoms with Crippen molar-refractivity contribution in [1.82, 2.24) is 8.61 Å². The lowest BCUT2D eigenvalue weighted by Gasteiger charge is -2.28. The predicted molar refractivity (Wildman–Crippen MR) is 99.9 cm³/mol. The molecule has 1 fully saturated rings. The predicted octanol–water partition coefficient (Wildman–Crippen LogP) is 1.76. The summed E-state index contributed by atoms with van der Waals surface area (Å²) >= 11 is 0. The third-order valence-electron chi connectivity index (χ3n) is 4.16. The molecule has 9 heteroatoms. The summed E-state index contributed by atoms with van der Waals surface area (Å²) in [4.78, 5) is 0.200. The van der Waals surface area contributed by atoms with Gasteiger partial charge in [-0.3, -0.25) is 0 Å². The van der Waals surface area contributed by atoms with E-state index in [1.165, 1.54) is 32.9 Å². The molecule has 1 aliphatic rings. The van der Waals surface area contributed by atoms with Gasteiger partial charge in [-0.2, -0.15) is 8.61 Å². The molecule has 0 bridgehead atoms. The second-order valence-electron chi connectivity index (χ2n) is 7.05. The number of hydrogen-bond donors (Lipinski definition) is 0. The topological polar surface area (TPSA) is 84.0 Å². The smallest absolute Gasteiger partial charge is 0.243 e. The molecule has 1 heterocycles. The van der Waals surface area contributed by atoms with Crippen molar-refractivity contribution < 1.29 is 21.6 Å². The normalized spacial score (nSPS) is 17.3. The average molecular weight is 405 g/mol. The van der Waals surface area contributed by atoms with E-state index in [0.29, 0.717) is 32.8 Å². The Balaban J connectivity index is 2.30. The number of rotatable bonds is 7. The van der Waals surface area contributed by atoms with Crippen LogP contribution in [0, 0.1) is 5.92 Å². The van der Waals surface area contributed by atoms with E-state index >= 15 is 0 Å². The van der Waals surface area contributed by atoms with Crippen molar-refractivity contribution in [3.63, 3.8) is 0 Å². The van der Waals surface area contributed by atoms with Crippen LogP contribution in [-0.4, -0.2) is 64.3 Å². The maximum Gasteiger partial charge on any atom is 0.243 e. The van der Waals surface area contributed by atoms with Gasteiger partial charge in [0.1, 0.15) is 0 Å². The molecule has 0 radical (unpaired) electrons. The molecule has 0 saturated carbocycles. The van der Waals surface area contributed by atoms with Crippen LogP contribution in [0.15, 0.2) is 34.1 Å². The van der Waals surface area contributed by atoms with E-state index in [1.807, 2.05) is 27.7 Å². The van der Waals surface area contributed by atoms with Crippen LogP contribution in [0.1, 0.15) is 27.7 Å². The number of nitrogens with zero attached hydrogens (tertiary/aromatic N) is 2. The molecule has 0 unspecified atom stereocenters. The number of sulfonamides is 2. The highest BCUT2D eigenvalue weighted by Gasteiger charge is 2.30. The Hall–Kier alpha value is -1.00. The Morgan fingerprint density at radius 2 is 1.46 bits per heavy atom. The van der Waals surface area contributed by atoms with Gasteiger partial charge in [0.2, 0.25) is 20.0 Å². The maximum absolute atomic E-state index is 12.9. The van der Waals surface area contributed by atoms with E-state index < -0.39 is 20.0 Å². The first-order valence-electron chi connectivity index (χ1n) is 8.76. The van der Waals surface area contributed by atoms with Gasteiger partial charge in [0.05, 0.1) is 23.0 Å². The van der Waals surface area contributed by atoms with E-state index in [-0.39, 0.29) is 21.8 Å². The van der Waals surface area contributed by atoms with Crippen molar-refractivity contribution in [2.75, 3.05) is 32.8 Å². The molecule has 2 rings (SSSR count). The Morgan fingerprint density at radius 3 is 1.92 bits per heavy atom. The second-order valence-corrected chi connectivity index (χ2v) is 10.9. The molecule has 1 saturated heterocycles. The third kappa shape index (κ3) is 4.64. The molecule has 0 atom stereocenters. The van der Waals surface area contributed by atoms with Gasteiger partial charge in [0.25, 0.3) is 0 Å². The largest absolute Gasteiger partial charge is 0.379 e. The van der Waals surface area contributed by atoms with Crippen molar-refractivity contribution in [2.24, 2.45) is 5.92 Å². The standard InChI is InChI=1S/C17H28N2O5S2/c1-14(2)13-19(15(3)4)26(22,23)17-7-5-16(6-8-17)25(20,21)18-9-11-24-12-10-18/h5-8,14-15H,9-13H2,1-4H3. The van der Waals surface area contributed by atoms with Crippen LogP contribution in [0.25, 0.3) is 0 Å². The third-order valence-corrected chi connectivity index (χ3v) is 8.13. The van der Waals surface area contributed by atoms with Gasteiger partial charge in [-0.15, -0.1) is 0 Å². The van der Waals surface area contributed by atoms with E-state index in [2.05, 4.69) is 0 Å². The molecule has 7 nitrogen and oxygen atoms in total. The van der Waals surface area contributed by atoms with Crippen molar-refractivity contribution >= 4 is 20.0 Å². The number of ether oxygens (including phenoxy) is 1. The molecule has 148 valence electrons. The van der Waals surface area contributed by atoms with Crippen LogP contribution in [0.5, 0.6) is 0 Å². The van der Waals surface area contributed by atoms with E-state index in [0.717, 1.165) is 0 Å². The zero-order valence-electron chi connectivity index (χ0n) is 15.8. The fourth-order valence-corrected chi connectivity index (χ4v) is 6.01. The molecule has 0 aromatic heterocycles. The Morgan fingerprint density at radius 1 is 0.962 bits per heavy atom. The molecule has 0 N–H and O–H groups in total. The van der Waals surface area contributed by atoms with E-state index in [9.17, 15) is 16.8 Å². The molecule has 0 aliphatic carbocycles. The lowest BCUT2D eigenvalue weighted by Crippen LogP contribution is -2.40. The van der Waals surface area contributed by atoms with Gasteiger partial charge >= 0.3 is 0 Å². The summed E-state index contributed by atoms with van der Waals surface area (Å²) in [6, 6.07) is 5.30. The van der Waals surface area contributed by atoms with Gasteiger partial charge in [0.15, 0.2) is 0 Å². The van der Waals surface area contributed by atoms with Crippen molar-refractivity contribution in [3.05, 3.63) is 24.3 Å². The summed E-state index contributed by atoms with van der Waals surface area (Å²) in [5, 5.41) is 0. The SMILES string of the molecule is CC(C)CN(C(C)C)S(=O)(=O)c1ccc(S(=O)(=O)N2CCOCC2)cc1. The molecule has 1 aromatic rings. The minimum Gasteiger partial charge on any atom is -0.379 e. The number of benzene rings is 1. The highest BCUT2D eigenvalue weighted by molar-refractivity contribution is 7.89. The van der Waals surface area contributed by atoms with Gasteiger partial charge in [-0.25, -0.2) is 16.8 Å². The van der Waals surface area contributed by atoms with Gasteiger partial charge in [-0.05, 0) is 44.0 Å². The molecule has 26 heavy (non-hydrogen) atoms. The summed E-state index contributed by atoms with van der Waals surface area (Å²) in [5.74, 6) is 0.188. The van der Waals surface area contributed by atoms with Crippen LogP contribution < -0.4 is 0 Å². The minimum absolute atomic E-state index is 0.0957. The zero-order valence-corrected chi connectivity index (χ0v) is 17.4. The second kappa shape index (κ2) is 8.35. The van der Waals surface area contributed by atoms with Crippen molar-refractivity contribution in [3.8, 4) is 0 Å². The van der Waals surface area contributed by atoms with Crippen LogP contribution in [0.4, 0.5) is 0 Å². The number of morpholine rings is 1. The Bertz CT molecular complexity index is 796. The molecular formula is C17H28N2O5S2. The molecular weight excluding hydrogens is 376 g/mol. The van der Waals surface area contributed by atoms with Gasteiger partial charge in [-0.1, -0.05) is 13.8 Å². The van der Waals surface area contributed by atoms with Crippen molar-refractivity contribution in [1.29, 1.82) is 0 Å². The summed E-state index contributed by atoms with van der Waals surface area (Å²) < 4.78 is 59.1. The highest BCUT2D eigenvalue weighted by atomic mass is 32.2. The fourth-order valence-electron chi connectivity index (χ4n) is 2.80. The van der Waals surface area contributed by atoms with Gasteiger partial charge < -0.3 is 4.74 Å².